The second kappa shape index (κ2) is 6.60. The van der Waals surface area contributed by atoms with E-state index in [9.17, 15) is 4.79 Å². The number of ether oxygens (including phenoxy) is 1. The molecule has 0 radical (unpaired) electrons. The van der Waals surface area contributed by atoms with Crippen LogP contribution < -0.4 is 10.6 Å². The molecule has 0 aromatic carbocycles. The summed E-state index contributed by atoms with van der Waals surface area (Å²) >= 11 is 0. The van der Waals surface area contributed by atoms with Crippen molar-refractivity contribution in [1.29, 1.82) is 0 Å². The molecular weight excluding hydrogens is 240 g/mol. The van der Waals surface area contributed by atoms with Gasteiger partial charge in [0.15, 0.2) is 0 Å². The van der Waals surface area contributed by atoms with Crippen LogP contribution in [0.5, 0.6) is 0 Å². The van der Waals surface area contributed by atoms with Gasteiger partial charge in [-0.1, -0.05) is 26.7 Å². The van der Waals surface area contributed by atoms with Crippen LogP contribution in [0.4, 0.5) is 4.79 Å². The summed E-state index contributed by atoms with van der Waals surface area (Å²) in [5.41, 5.74) is -0.0625. The van der Waals surface area contributed by atoms with E-state index >= 15 is 0 Å². The number of carbonyl (C=O) groups excluding carboxylic acids is 1. The zero-order valence-corrected chi connectivity index (χ0v) is 13.1. The fourth-order valence-corrected chi connectivity index (χ4v) is 2.60. The third kappa shape index (κ3) is 6.28. The number of carbonyl (C=O) groups is 1. The van der Waals surface area contributed by atoms with Crippen molar-refractivity contribution in [2.24, 2.45) is 5.41 Å². The number of alkyl carbamates (subject to hydrolysis) is 1. The Balaban J connectivity index is 2.18. The van der Waals surface area contributed by atoms with Gasteiger partial charge in [0.25, 0.3) is 0 Å². The highest BCUT2D eigenvalue weighted by atomic mass is 16.6. The van der Waals surface area contributed by atoms with E-state index in [1.54, 1.807) is 0 Å². The normalized spacial score (nSPS) is 22.9. The van der Waals surface area contributed by atoms with Crippen LogP contribution in [0.15, 0.2) is 0 Å². The summed E-state index contributed by atoms with van der Waals surface area (Å²) in [5.74, 6) is 0. The lowest BCUT2D eigenvalue weighted by Crippen LogP contribution is -2.47. The number of rotatable bonds is 4. The van der Waals surface area contributed by atoms with Crippen LogP contribution in [0, 0.1) is 5.41 Å². The third-order valence-electron chi connectivity index (χ3n) is 3.69. The van der Waals surface area contributed by atoms with Gasteiger partial charge in [-0.25, -0.2) is 4.79 Å². The molecule has 0 aliphatic heterocycles. The fraction of sp³-hybridized carbons (Fsp3) is 0.933. The van der Waals surface area contributed by atoms with Crippen molar-refractivity contribution in [3.63, 3.8) is 0 Å². The first-order chi connectivity index (χ1) is 8.71. The van der Waals surface area contributed by atoms with Crippen molar-refractivity contribution in [2.45, 2.75) is 71.9 Å². The molecule has 0 heterocycles. The summed E-state index contributed by atoms with van der Waals surface area (Å²) in [5, 5.41) is 6.34. The van der Waals surface area contributed by atoms with Crippen LogP contribution in [0.2, 0.25) is 0 Å². The number of nitrogens with one attached hydrogen (secondary N) is 2. The molecule has 1 aliphatic carbocycles. The van der Waals surface area contributed by atoms with E-state index < -0.39 is 5.60 Å². The Hall–Kier alpha value is -0.770. The molecule has 0 spiro atoms. The summed E-state index contributed by atoms with van der Waals surface area (Å²) in [6, 6.07) is 0.557. The Bertz CT molecular complexity index is 295. The maximum Gasteiger partial charge on any atom is 0.407 e. The van der Waals surface area contributed by atoms with Crippen molar-refractivity contribution < 1.29 is 9.53 Å². The Morgan fingerprint density at radius 3 is 2.53 bits per heavy atom. The Morgan fingerprint density at radius 2 is 1.95 bits per heavy atom. The minimum absolute atomic E-state index is 0.336. The molecule has 0 saturated heterocycles. The van der Waals surface area contributed by atoms with E-state index in [0.717, 1.165) is 6.54 Å². The van der Waals surface area contributed by atoms with Crippen LogP contribution in [0.3, 0.4) is 0 Å². The summed E-state index contributed by atoms with van der Waals surface area (Å²) < 4.78 is 5.19. The van der Waals surface area contributed by atoms with Crippen molar-refractivity contribution in [3.8, 4) is 0 Å². The lowest BCUT2D eigenvalue weighted by Gasteiger charge is -2.39. The lowest BCUT2D eigenvalue weighted by atomic mass is 9.73. The third-order valence-corrected chi connectivity index (χ3v) is 3.69. The fourth-order valence-electron chi connectivity index (χ4n) is 2.60. The first-order valence-corrected chi connectivity index (χ1v) is 7.41. The van der Waals surface area contributed by atoms with Crippen LogP contribution in [-0.2, 0) is 4.74 Å². The highest BCUT2D eigenvalue weighted by Crippen LogP contribution is 2.35. The Kier molecular flexibility index (Phi) is 5.65. The van der Waals surface area contributed by atoms with Crippen molar-refractivity contribution >= 4 is 6.09 Å². The van der Waals surface area contributed by atoms with Crippen molar-refractivity contribution in [2.75, 3.05) is 13.1 Å². The highest BCUT2D eigenvalue weighted by Gasteiger charge is 2.31. The molecule has 4 nitrogen and oxygen atoms in total. The molecule has 1 amide bonds. The van der Waals surface area contributed by atoms with Gasteiger partial charge in [0.1, 0.15) is 5.60 Å². The maximum absolute atomic E-state index is 11.5. The smallest absolute Gasteiger partial charge is 0.407 e. The van der Waals surface area contributed by atoms with Crippen LogP contribution >= 0.6 is 0 Å². The van der Waals surface area contributed by atoms with E-state index in [1.807, 2.05) is 20.8 Å². The molecule has 4 heteroatoms. The van der Waals surface area contributed by atoms with Gasteiger partial charge in [0.2, 0.25) is 0 Å². The van der Waals surface area contributed by atoms with Gasteiger partial charge in [0, 0.05) is 19.1 Å². The van der Waals surface area contributed by atoms with Gasteiger partial charge >= 0.3 is 6.09 Å². The van der Waals surface area contributed by atoms with E-state index in [-0.39, 0.29) is 6.09 Å². The molecule has 1 unspecified atom stereocenters. The second-order valence-electron chi connectivity index (χ2n) is 7.17. The van der Waals surface area contributed by atoms with Gasteiger partial charge in [-0.05, 0) is 39.0 Å². The molecule has 0 aromatic rings. The maximum atomic E-state index is 11.5. The molecule has 1 rings (SSSR count). The van der Waals surface area contributed by atoms with Gasteiger partial charge in [-0.3, -0.25) is 0 Å². The Morgan fingerprint density at radius 1 is 1.26 bits per heavy atom. The average molecular weight is 270 g/mol. The van der Waals surface area contributed by atoms with E-state index in [1.165, 1.54) is 25.7 Å². The molecule has 1 atom stereocenters. The standard InChI is InChI=1S/C15H30N2O2/c1-14(2,3)19-13(18)17-11-10-16-12-8-6-7-9-15(12,4)5/h12,16H,6-11H2,1-5H3,(H,17,18). The highest BCUT2D eigenvalue weighted by molar-refractivity contribution is 5.67. The van der Waals surface area contributed by atoms with Crippen LogP contribution in [-0.4, -0.2) is 30.8 Å². The number of hydrogen-bond acceptors (Lipinski definition) is 3. The largest absolute Gasteiger partial charge is 0.444 e. The first-order valence-electron chi connectivity index (χ1n) is 7.41. The minimum Gasteiger partial charge on any atom is -0.444 e. The van der Waals surface area contributed by atoms with Gasteiger partial charge in [-0.2, -0.15) is 0 Å². The minimum atomic E-state index is -0.428. The molecule has 19 heavy (non-hydrogen) atoms. The van der Waals surface area contributed by atoms with Gasteiger partial charge in [0.05, 0.1) is 0 Å². The van der Waals surface area contributed by atoms with Crippen LogP contribution in [0.25, 0.3) is 0 Å². The van der Waals surface area contributed by atoms with Gasteiger partial charge in [-0.15, -0.1) is 0 Å². The molecule has 1 fully saturated rings. The lowest BCUT2D eigenvalue weighted by molar-refractivity contribution is 0.0526. The monoisotopic (exact) mass is 270 g/mol. The van der Waals surface area contributed by atoms with E-state index in [0.29, 0.717) is 18.0 Å². The van der Waals surface area contributed by atoms with Gasteiger partial charge < -0.3 is 15.4 Å². The predicted molar refractivity (Wildman–Crippen MR) is 78.3 cm³/mol. The molecular formula is C15H30N2O2. The number of hydrogen-bond donors (Lipinski definition) is 2. The van der Waals surface area contributed by atoms with Crippen LogP contribution in [0.1, 0.15) is 60.3 Å². The summed E-state index contributed by atoms with van der Waals surface area (Å²) in [6.07, 6.45) is 4.82. The molecule has 0 aromatic heterocycles. The topological polar surface area (TPSA) is 50.4 Å². The first kappa shape index (κ1) is 16.3. The number of amides is 1. The zero-order valence-electron chi connectivity index (χ0n) is 13.1. The summed E-state index contributed by atoms with van der Waals surface area (Å²) in [6.45, 7) is 11.7. The predicted octanol–water partition coefficient (Wildman–Crippen LogP) is 3.07. The van der Waals surface area contributed by atoms with Crippen molar-refractivity contribution in [1.82, 2.24) is 10.6 Å². The van der Waals surface area contributed by atoms with Crippen molar-refractivity contribution in [3.05, 3.63) is 0 Å². The summed E-state index contributed by atoms with van der Waals surface area (Å²) in [7, 11) is 0. The second-order valence-corrected chi connectivity index (χ2v) is 7.17. The molecule has 2 N–H and O–H groups in total. The van der Waals surface area contributed by atoms with E-state index in [2.05, 4.69) is 24.5 Å². The molecule has 112 valence electrons. The SMILES string of the molecule is CC(C)(C)OC(=O)NCCNC1CCCCC1(C)C. The average Bonchev–Trinajstić information content (AvgIpc) is 2.23. The summed E-state index contributed by atoms with van der Waals surface area (Å²) in [4.78, 5) is 11.5. The molecule has 1 saturated carbocycles. The zero-order chi connectivity index (χ0) is 14.5. The Labute approximate surface area is 117 Å². The quantitative estimate of drug-likeness (QED) is 0.772. The molecule has 1 aliphatic rings. The molecule has 0 bridgehead atoms. The van der Waals surface area contributed by atoms with E-state index in [4.69, 9.17) is 4.74 Å².